The third kappa shape index (κ3) is 1.19. The van der Waals surface area contributed by atoms with Crippen molar-refractivity contribution in [1.82, 2.24) is 5.16 Å². The van der Waals surface area contributed by atoms with Crippen LogP contribution in [0.2, 0.25) is 0 Å². The largest absolute Gasteiger partial charge is 0.381 e. The van der Waals surface area contributed by atoms with Crippen molar-refractivity contribution in [3.05, 3.63) is 11.8 Å². The lowest BCUT2D eigenvalue weighted by molar-refractivity contribution is 0.340. The fraction of sp³-hybridized carbons (Fsp3) is 0.667. The fourth-order valence-corrected chi connectivity index (χ4v) is 2.05. The van der Waals surface area contributed by atoms with Crippen molar-refractivity contribution in [2.75, 3.05) is 5.73 Å². The van der Waals surface area contributed by atoms with Crippen LogP contribution in [-0.4, -0.2) is 5.16 Å². The minimum Gasteiger partial charge on any atom is -0.381 e. The minimum absolute atomic E-state index is 0.504. The van der Waals surface area contributed by atoms with Crippen molar-refractivity contribution in [3.8, 4) is 0 Å². The van der Waals surface area contributed by atoms with E-state index in [1.807, 2.05) is 6.07 Å². The monoisotopic (exact) mass is 166 g/mol. The first kappa shape index (κ1) is 7.65. The highest BCUT2D eigenvalue weighted by Crippen LogP contribution is 2.39. The van der Waals surface area contributed by atoms with E-state index in [-0.39, 0.29) is 0 Å². The van der Waals surface area contributed by atoms with E-state index >= 15 is 0 Å². The lowest BCUT2D eigenvalue weighted by Crippen LogP contribution is -1.99. The number of anilines is 1. The molecule has 3 heteroatoms. The topological polar surface area (TPSA) is 52.0 Å². The highest BCUT2D eigenvalue weighted by atomic mass is 16.5. The SMILES string of the molecule is CC1CCCC1c1cc(N)no1. The quantitative estimate of drug-likeness (QED) is 0.695. The number of rotatable bonds is 1. The molecule has 3 nitrogen and oxygen atoms in total. The van der Waals surface area contributed by atoms with Crippen LogP contribution < -0.4 is 5.73 Å². The van der Waals surface area contributed by atoms with Gasteiger partial charge in [-0.1, -0.05) is 18.5 Å². The van der Waals surface area contributed by atoms with Crippen molar-refractivity contribution in [2.45, 2.75) is 32.1 Å². The molecule has 1 fully saturated rings. The Morgan fingerprint density at radius 2 is 2.42 bits per heavy atom. The molecule has 0 amide bonds. The van der Waals surface area contributed by atoms with Crippen LogP contribution in [0.1, 0.15) is 37.9 Å². The molecule has 2 rings (SSSR count). The molecular formula is C9H14N2O. The predicted molar refractivity (Wildman–Crippen MR) is 46.7 cm³/mol. The Morgan fingerprint density at radius 3 is 2.92 bits per heavy atom. The number of aromatic nitrogens is 1. The lowest BCUT2D eigenvalue weighted by Gasteiger charge is -2.09. The molecule has 2 unspecified atom stereocenters. The lowest BCUT2D eigenvalue weighted by atomic mass is 9.96. The summed E-state index contributed by atoms with van der Waals surface area (Å²) < 4.78 is 5.14. The number of nitrogen functional groups attached to an aromatic ring is 1. The maximum atomic E-state index is 5.49. The maximum absolute atomic E-state index is 5.49. The zero-order valence-electron chi connectivity index (χ0n) is 7.29. The van der Waals surface area contributed by atoms with Gasteiger partial charge in [0, 0.05) is 12.0 Å². The van der Waals surface area contributed by atoms with E-state index < -0.39 is 0 Å². The molecule has 0 aliphatic heterocycles. The number of nitrogens with two attached hydrogens (primary N) is 1. The molecule has 1 heterocycles. The van der Waals surface area contributed by atoms with Crippen LogP contribution in [0.25, 0.3) is 0 Å². The standard InChI is InChI=1S/C9H14N2O/c1-6-3-2-4-7(6)8-5-9(10)11-12-8/h5-7H,2-4H2,1H3,(H2,10,11). The first-order chi connectivity index (χ1) is 5.77. The Balaban J connectivity index is 2.19. The molecule has 0 radical (unpaired) electrons. The van der Waals surface area contributed by atoms with Crippen LogP contribution in [0.5, 0.6) is 0 Å². The first-order valence-electron chi connectivity index (χ1n) is 4.49. The zero-order chi connectivity index (χ0) is 8.55. The Hall–Kier alpha value is -0.990. The fourth-order valence-electron chi connectivity index (χ4n) is 2.05. The van der Waals surface area contributed by atoms with E-state index in [1.165, 1.54) is 19.3 Å². The number of nitrogens with zero attached hydrogens (tertiary/aromatic N) is 1. The van der Waals surface area contributed by atoms with Gasteiger partial charge in [0.2, 0.25) is 0 Å². The van der Waals surface area contributed by atoms with Gasteiger partial charge in [-0.2, -0.15) is 0 Å². The zero-order valence-corrected chi connectivity index (χ0v) is 7.29. The van der Waals surface area contributed by atoms with E-state index in [2.05, 4.69) is 12.1 Å². The third-order valence-electron chi connectivity index (χ3n) is 2.77. The van der Waals surface area contributed by atoms with Crippen molar-refractivity contribution in [3.63, 3.8) is 0 Å². The summed E-state index contributed by atoms with van der Waals surface area (Å²) in [5, 5.41) is 3.70. The highest BCUT2D eigenvalue weighted by Gasteiger charge is 2.27. The van der Waals surface area contributed by atoms with Crippen LogP contribution >= 0.6 is 0 Å². The average Bonchev–Trinajstić information content (AvgIpc) is 2.58. The van der Waals surface area contributed by atoms with Crippen molar-refractivity contribution in [2.24, 2.45) is 5.92 Å². The molecule has 1 aliphatic rings. The predicted octanol–water partition coefficient (Wildman–Crippen LogP) is 2.16. The molecule has 1 aromatic rings. The van der Waals surface area contributed by atoms with Gasteiger partial charge in [0.25, 0.3) is 0 Å². The Kier molecular flexibility index (Phi) is 1.79. The molecule has 2 N–H and O–H groups in total. The van der Waals surface area contributed by atoms with E-state index in [9.17, 15) is 0 Å². The summed E-state index contributed by atoms with van der Waals surface area (Å²) in [5.41, 5.74) is 5.49. The number of hydrogen-bond donors (Lipinski definition) is 1. The van der Waals surface area contributed by atoms with Crippen molar-refractivity contribution >= 4 is 5.82 Å². The smallest absolute Gasteiger partial charge is 0.167 e. The van der Waals surface area contributed by atoms with Crippen molar-refractivity contribution < 1.29 is 4.52 Å². The molecule has 1 saturated carbocycles. The molecule has 12 heavy (non-hydrogen) atoms. The van der Waals surface area contributed by atoms with Crippen LogP contribution in [0, 0.1) is 5.92 Å². The van der Waals surface area contributed by atoms with Gasteiger partial charge in [0.1, 0.15) is 5.76 Å². The second-order valence-electron chi connectivity index (χ2n) is 3.67. The van der Waals surface area contributed by atoms with Gasteiger partial charge in [0.05, 0.1) is 0 Å². The molecule has 1 aromatic heterocycles. The maximum Gasteiger partial charge on any atom is 0.167 e. The van der Waals surface area contributed by atoms with Gasteiger partial charge in [-0.25, -0.2) is 0 Å². The summed E-state index contributed by atoms with van der Waals surface area (Å²) in [5.74, 6) is 2.74. The van der Waals surface area contributed by atoms with Gasteiger partial charge in [-0.3, -0.25) is 0 Å². The van der Waals surface area contributed by atoms with Gasteiger partial charge in [-0.05, 0) is 18.8 Å². The van der Waals surface area contributed by atoms with Crippen LogP contribution in [0.3, 0.4) is 0 Å². The summed E-state index contributed by atoms with van der Waals surface area (Å²) in [6, 6.07) is 1.85. The summed E-state index contributed by atoms with van der Waals surface area (Å²) in [6.45, 7) is 2.26. The normalized spacial score (nSPS) is 29.4. The molecule has 1 aliphatic carbocycles. The summed E-state index contributed by atoms with van der Waals surface area (Å²) in [6.07, 6.45) is 3.81. The Bertz CT molecular complexity index is 269. The molecule has 0 saturated heterocycles. The summed E-state index contributed by atoms with van der Waals surface area (Å²) >= 11 is 0. The van der Waals surface area contributed by atoms with Gasteiger partial charge in [-0.15, -0.1) is 0 Å². The first-order valence-corrected chi connectivity index (χ1v) is 4.49. The Labute approximate surface area is 71.9 Å². The van der Waals surface area contributed by atoms with Gasteiger partial charge >= 0.3 is 0 Å². The molecule has 0 bridgehead atoms. The molecule has 0 spiro atoms. The van der Waals surface area contributed by atoms with Crippen LogP contribution in [0.4, 0.5) is 5.82 Å². The van der Waals surface area contributed by atoms with Gasteiger partial charge < -0.3 is 10.3 Å². The summed E-state index contributed by atoms with van der Waals surface area (Å²) in [7, 11) is 0. The van der Waals surface area contributed by atoms with Gasteiger partial charge in [0.15, 0.2) is 5.82 Å². The number of hydrogen-bond acceptors (Lipinski definition) is 3. The third-order valence-corrected chi connectivity index (χ3v) is 2.77. The van der Waals surface area contributed by atoms with E-state index in [4.69, 9.17) is 10.3 Å². The van der Waals surface area contributed by atoms with E-state index in [0.717, 1.165) is 11.7 Å². The molecular weight excluding hydrogens is 152 g/mol. The molecule has 66 valence electrons. The molecule has 2 atom stereocenters. The Morgan fingerprint density at radius 1 is 1.58 bits per heavy atom. The van der Waals surface area contributed by atoms with Crippen LogP contribution in [0.15, 0.2) is 10.6 Å². The highest BCUT2D eigenvalue weighted by molar-refractivity contribution is 5.28. The van der Waals surface area contributed by atoms with E-state index in [0.29, 0.717) is 11.7 Å². The molecule has 0 aromatic carbocycles. The van der Waals surface area contributed by atoms with E-state index in [1.54, 1.807) is 0 Å². The average molecular weight is 166 g/mol. The summed E-state index contributed by atoms with van der Waals surface area (Å²) in [4.78, 5) is 0. The minimum atomic E-state index is 0.504. The van der Waals surface area contributed by atoms with Crippen molar-refractivity contribution in [1.29, 1.82) is 0 Å². The second-order valence-corrected chi connectivity index (χ2v) is 3.67. The second kappa shape index (κ2) is 2.81. The van der Waals surface area contributed by atoms with Crippen LogP contribution in [-0.2, 0) is 0 Å².